The number of pyridine rings is 1. The zero-order valence-corrected chi connectivity index (χ0v) is 15.2. The van der Waals surface area contributed by atoms with E-state index in [0.717, 1.165) is 15.7 Å². The van der Waals surface area contributed by atoms with E-state index in [9.17, 15) is 0 Å². The fraction of sp³-hybridized carbons (Fsp3) is 0.133. The number of hydrogen-bond acceptors (Lipinski definition) is 4. The summed E-state index contributed by atoms with van der Waals surface area (Å²) < 4.78 is 0.757. The maximum Gasteiger partial charge on any atom is 0.224 e. The van der Waals surface area contributed by atoms with E-state index in [1.807, 2.05) is 24.4 Å². The van der Waals surface area contributed by atoms with Gasteiger partial charge in [0.25, 0.3) is 0 Å². The summed E-state index contributed by atoms with van der Waals surface area (Å²) in [7, 11) is -0.324. The van der Waals surface area contributed by atoms with Crippen LogP contribution in [0.25, 0.3) is 10.9 Å². The first-order chi connectivity index (χ1) is 10.6. The molecule has 0 spiro atoms. The molecule has 0 bridgehead atoms. The van der Waals surface area contributed by atoms with Crippen LogP contribution in [0.15, 0.2) is 41.1 Å². The summed E-state index contributed by atoms with van der Waals surface area (Å²) in [6.07, 6.45) is 3.48. The van der Waals surface area contributed by atoms with Crippen LogP contribution in [0, 0.1) is 0 Å². The van der Waals surface area contributed by atoms with E-state index in [-0.39, 0.29) is 13.2 Å². The second-order valence-corrected chi connectivity index (χ2v) is 8.32. The molecule has 0 saturated heterocycles. The molecule has 0 saturated carbocycles. The molecule has 2 aromatic heterocycles. The molecular formula is C15H13BrClN4P. The minimum atomic E-state index is -0.324. The van der Waals surface area contributed by atoms with Crippen LogP contribution in [0.1, 0.15) is 0 Å². The van der Waals surface area contributed by atoms with Gasteiger partial charge in [-0.3, -0.25) is 4.98 Å². The fourth-order valence-corrected chi connectivity index (χ4v) is 3.95. The highest BCUT2D eigenvalue weighted by Gasteiger charge is 2.14. The highest BCUT2D eigenvalue weighted by atomic mass is 79.9. The van der Waals surface area contributed by atoms with Crippen molar-refractivity contribution in [3.8, 4) is 0 Å². The van der Waals surface area contributed by atoms with Crippen molar-refractivity contribution in [3.63, 3.8) is 0 Å². The Kier molecular flexibility index (Phi) is 4.57. The quantitative estimate of drug-likeness (QED) is 0.522. The summed E-state index contributed by atoms with van der Waals surface area (Å²) in [5.41, 5.74) is 1.95. The SMILES string of the molecule is CP(C)c1c(Nc2nc(Cl)ncc2Br)cnc2ccccc12. The lowest BCUT2D eigenvalue weighted by atomic mass is 10.2. The van der Waals surface area contributed by atoms with Crippen LogP contribution in [0.2, 0.25) is 5.28 Å². The lowest BCUT2D eigenvalue weighted by Gasteiger charge is -2.17. The highest BCUT2D eigenvalue weighted by molar-refractivity contribution is 9.10. The monoisotopic (exact) mass is 394 g/mol. The normalized spacial score (nSPS) is 11.1. The predicted octanol–water partition coefficient (Wildman–Crippen LogP) is 4.55. The number of benzene rings is 1. The Hall–Kier alpha value is -1.29. The van der Waals surface area contributed by atoms with Gasteiger partial charge in [-0.2, -0.15) is 4.98 Å². The molecule has 112 valence electrons. The van der Waals surface area contributed by atoms with Crippen LogP contribution in [0.5, 0.6) is 0 Å². The number of aromatic nitrogens is 3. The fourth-order valence-electron chi connectivity index (χ4n) is 2.26. The van der Waals surface area contributed by atoms with Crippen molar-refractivity contribution in [1.29, 1.82) is 0 Å². The molecule has 1 N–H and O–H groups in total. The lowest BCUT2D eigenvalue weighted by Crippen LogP contribution is -2.11. The number of rotatable bonds is 3. The molecule has 22 heavy (non-hydrogen) atoms. The van der Waals surface area contributed by atoms with Crippen LogP contribution in [-0.4, -0.2) is 28.3 Å². The topological polar surface area (TPSA) is 50.7 Å². The van der Waals surface area contributed by atoms with E-state index in [2.05, 4.69) is 55.6 Å². The van der Waals surface area contributed by atoms with E-state index in [4.69, 9.17) is 11.6 Å². The molecule has 4 nitrogen and oxygen atoms in total. The molecule has 0 amide bonds. The van der Waals surface area contributed by atoms with Gasteiger partial charge in [-0.25, -0.2) is 4.98 Å². The minimum absolute atomic E-state index is 0.205. The molecule has 0 aliphatic heterocycles. The van der Waals surface area contributed by atoms with Crippen molar-refractivity contribution in [2.45, 2.75) is 0 Å². The first-order valence-corrected chi connectivity index (χ1v) is 9.97. The van der Waals surface area contributed by atoms with Gasteiger partial charge >= 0.3 is 0 Å². The Morgan fingerprint density at radius 2 is 1.91 bits per heavy atom. The van der Waals surface area contributed by atoms with Gasteiger partial charge in [0.15, 0.2) is 0 Å². The molecule has 2 heterocycles. The second kappa shape index (κ2) is 6.45. The molecule has 0 unspecified atom stereocenters. The lowest BCUT2D eigenvalue weighted by molar-refractivity contribution is 1.15. The molecule has 0 aliphatic rings. The van der Waals surface area contributed by atoms with Crippen molar-refractivity contribution in [3.05, 3.63) is 46.4 Å². The van der Waals surface area contributed by atoms with Crippen molar-refractivity contribution in [2.24, 2.45) is 0 Å². The van der Waals surface area contributed by atoms with Crippen LogP contribution >= 0.6 is 35.5 Å². The zero-order valence-electron chi connectivity index (χ0n) is 12.0. The molecular weight excluding hydrogens is 383 g/mol. The van der Waals surface area contributed by atoms with E-state index >= 15 is 0 Å². The number of anilines is 2. The third-order valence-electron chi connectivity index (χ3n) is 3.16. The average molecular weight is 396 g/mol. The number of fused-ring (bicyclic) bond motifs is 1. The number of nitrogens with zero attached hydrogens (tertiary/aromatic N) is 3. The average Bonchev–Trinajstić information content (AvgIpc) is 2.50. The van der Waals surface area contributed by atoms with E-state index in [1.165, 1.54) is 10.7 Å². The van der Waals surface area contributed by atoms with Gasteiger partial charge in [-0.15, -0.1) is 0 Å². The second-order valence-electron chi connectivity index (χ2n) is 4.89. The number of halogens is 2. The largest absolute Gasteiger partial charge is 0.337 e. The van der Waals surface area contributed by atoms with Crippen molar-refractivity contribution < 1.29 is 0 Å². The van der Waals surface area contributed by atoms with Crippen LogP contribution in [-0.2, 0) is 0 Å². The number of para-hydroxylation sites is 1. The number of hydrogen-bond donors (Lipinski definition) is 1. The molecule has 1 aromatic carbocycles. The summed E-state index contributed by atoms with van der Waals surface area (Å²) in [5, 5.41) is 5.96. The van der Waals surface area contributed by atoms with Gasteiger partial charge in [-0.05, 0) is 46.9 Å². The summed E-state index contributed by atoms with van der Waals surface area (Å²) in [5.74, 6) is 0.634. The summed E-state index contributed by atoms with van der Waals surface area (Å²) >= 11 is 9.32. The van der Waals surface area contributed by atoms with E-state index in [0.29, 0.717) is 5.82 Å². The Bertz CT molecular complexity index is 841. The van der Waals surface area contributed by atoms with Crippen LogP contribution in [0.4, 0.5) is 11.5 Å². The maximum atomic E-state index is 5.89. The van der Waals surface area contributed by atoms with Gasteiger partial charge < -0.3 is 5.32 Å². The Morgan fingerprint density at radius 1 is 1.14 bits per heavy atom. The highest BCUT2D eigenvalue weighted by Crippen LogP contribution is 2.34. The molecule has 0 fully saturated rings. The minimum Gasteiger partial charge on any atom is -0.337 e. The van der Waals surface area contributed by atoms with Gasteiger partial charge in [0.2, 0.25) is 5.28 Å². The molecule has 0 atom stereocenters. The van der Waals surface area contributed by atoms with E-state index < -0.39 is 0 Å². The first kappa shape index (κ1) is 15.6. The first-order valence-electron chi connectivity index (χ1n) is 6.56. The molecule has 3 rings (SSSR count). The van der Waals surface area contributed by atoms with Gasteiger partial charge in [0, 0.05) is 16.9 Å². The van der Waals surface area contributed by atoms with Gasteiger partial charge in [0.1, 0.15) is 5.82 Å². The molecule has 0 radical (unpaired) electrons. The van der Waals surface area contributed by atoms with E-state index in [1.54, 1.807) is 6.20 Å². The van der Waals surface area contributed by atoms with Crippen LogP contribution < -0.4 is 10.6 Å². The third-order valence-corrected chi connectivity index (χ3v) is 5.30. The number of nitrogens with one attached hydrogen (secondary N) is 1. The molecule has 7 heteroatoms. The summed E-state index contributed by atoms with van der Waals surface area (Å²) in [4.78, 5) is 12.7. The van der Waals surface area contributed by atoms with Gasteiger partial charge in [0.05, 0.1) is 21.9 Å². The van der Waals surface area contributed by atoms with Gasteiger partial charge in [-0.1, -0.05) is 26.1 Å². The van der Waals surface area contributed by atoms with Crippen molar-refractivity contribution in [1.82, 2.24) is 15.0 Å². The van der Waals surface area contributed by atoms with Crippen molar-refractivity contribution >= 4 is 63.2 Å². The summed E-state index contributed by atoms with van der Waals surface area (Å²) in [6, 6.07) is 8.17. The van der Waals surface area contributed by atoms with Crippen LogP contribution in [0.3, 0.4) is 0 Å². The van der Waals surface area contributed by atoms with Crippen molar-refractivity contribution in [2.75, 3.05) is 18.6 Å². The Balaban J connectivity index is 2.14. The Labute approximate surface area is 143 Å². The standard InChI is InChI=1S/C15H13BrClN4P/c1-22(2)13-9-5-3-4-6-11(9)18-8-12(13)20-14-10(16)7-19-15(17)21-14/h3-8H,1-2H3,(H,19,20,21). The molecule has 3 aromatic rings. The molecule has 0 aliphatic carbocycles. The smallest absolute Gasteiger partial charge is 0.224 e. The maximum absolute atomic E-state index is 5.89. The zero-order chi connectivity index (χ0) is 15.7. The third kappa shape index (κ3) is 3.07. The predicted molar refractivity (Wildman–Crippen MR) is 98.2 cm³/mol. The summed E-state index contributed by atoms with van der Waals surface area (Å²) in [6.45, 7) is 4.45. The Morgan fingerprint density at radius 3 is 2.68 bits per heavy atom.